The van der Waals surface area contributed by atoms with Gasteiger partial charge in [0.2, 0.25) is 11.8 Å². The third-order valence-electron chi connectivity index (χ3n) is 3.69. The van der Waals surface area contributed by atoms with E-state index in [2.05, 4.69) is 16.9 Å². The van der Waals surface area contributed by atoms with Crippen LogP contribution in [0, 0.1) is 6.92 Å². The lowest BCUT2D eigenvalue weighted by Gasteiger charge is -2.39. The van der Waals surface area contributed by atoms with E-state index in [0.717, 1.165) is 17.8 Å². The topological polar surface area (TPSA) is 80.8 Å². The molecule has 1 aliphatic rings. The Bertz CT molecular complexity index is 539. The van der Waals surface area contributed by atoms with Gasteiger partial charge in [0.1, 0.15) is 6.54 Å². The van der Waals surface area contributed by atoms with Crippen molar-refractivity contribution in [2.24, 2.45) is 0 Å². The van der Waals surface area contributed by atoms with Crippen LogP contribution < -0.4 is 5.76 Å². The molecule has 1 unspecified atom stereocenters. The molecule has 0 aliphatic carbocycles. The number of aromatic nitrogens is 2. The van der Waals surface area contributed by atoms with Gasteiger partial charge in [-0.05, 0) is 6.92 Å². The standard InChI is InChI=1S/C13H22N4O4/c1-10-8-16(5-4-15(10)6-7-20-3)12(18)9-17-13(19)21-11(2)14-17/h10H,4-9H2,1-3H3. The lowest BCUT2D eigenvalue weighted by atomic mass is 10.2. The van der Waals surface area contributed by atoms with Crippen molar-refractivity contribution in [3.05, 3.63) is 16.4 Å². The van der Waals surface area contributed by atoms with Gasteiger partial charge in [0, 0.05) is 46.3 Å². The first-order chi connectivity index (χ1) is 10.0. The number of hydrogen-bond donors (Lipinski definition) is 0. The highest BCUT2D eigenvalue weighted by atomic mass is 16.5. The summed E-state index contributed by atoms with van der Waals surface area (Å²) in [5, 5.41) is 3.88. The van der Waals surface area contributed by atoms with E-state index in [1.54, 1.807) is 18.9 Å². The first-order valence-electron chi connectivity index (χ1n) is 7.06. The quantitative estimate of drug-likeness (QED) is 0.717. The maximum absolute atomic E-state index is 12.2. The predicted molar refractivity (Wildman–Crippen MR) is 75.0 cm³/mol. The van der Waals surface area contributed by atoms with Crippen LogP contribution >= 0.6 is 0 Å². The van der Waals surface area contributed by atoms with Gasteiger partial charge in [-0.2, -0.15) is 4.68 Å². The Morgan fingerprint density at radius 2 is 2.24 bits per heavy atom. The second-order valence-electron chi connectivity index (χ2n) is 5.26. The SMILES string of the molecule is COCCN1CCN(C(=O)Cn2nc(C)oc2=O)CC1C. The second kappa shape index (κ2) is 6.86. The van der Waals surface area contributed by atoms with E-state index < -0.39 is 5.76 Å². The van der Waals surface area contributed by atoms with Crippen molar-refractivity contribution in [1.29, 1.82) is 0 Å². The number of amides is 1. The van der Waals surface area contributed by atoms with Crippen molar-refractivity contribution in [2.75, 3.05) is 39.9 Å². The highest BCUT2D eigenvalue weighted by Crippen LogP contribution is 2.09. The van der Waals surface area contributed by atoms with Crippen molar-refractivity contribution in [2.45, 2.75) is 26.4 Å². The molecule has 0 saturated carbocycles. The van der Waals surface area contributed by atoms with E-state index >= 15 is 0 Å². The number of carbonyl (C=O) groups excluding carboxylic acids is 1. The van der Waals surface area contributed by atoms with Crippen molar-refractivity contribution >= 4 is 5.91 Å². The Labute approximate surface area is 123 Å². The van der Waals surface area contributed by atoms with Crippen LogP contribution in [0.3, 0.4) is 0 Å². The van der Waals surface area contributed by atoms with Crippen molar-refractivity contribution in [3.8, 4) is 0 Å². The Balaban J connectivity index is 1.90. The van der Waals surface area contributed by atoms with Crippen LogP contribution in [0.4, 0.5) is 0 Å². The fraction of sp³-hybridized carbons (Fsp3) is 0.769. The van der Waals surface area contributed by atoms with E-state index in [1.165, 1.54) is 0 Å². The minimum atomic E-state index is -0.590. The monoisotopic (exact) mass is 298 g/mol. The predicted octanol–water partition coefficient (Wildman–Crippen LogP) is -0.676. The molecule has 118 valence electrons. The molecule has 2 heterocycles. The Morgan fingerprint density at radius 3 is 2.81 bits per heavy atom. The van der Waals surface area contributed by atoms with Crippen LogP contribution in [0.5, 0.6) is 0 Å². The molecule has 1 fully saturated rings. The molecule has 0 N–H and O–H groups in total. The van der Waals surface area contributed by atoms with Gasteiger partial charge < -0.3 is 14.1 Å². The number of hydrogen-bond acceptors (Lipinski definition) is 6. The van der Waals surface area contributed by atoms with Crippen molar-refractivity contribution < 1.29 is 13.9 Å². The van der Waals surface area contributed by atoms with Crippen molar-refractivity contribution in [1.82, 2.24) is 19.6 Å². The number of rotatable bonds is 5. The molecular formula is C13H22N4O4. The number of piperazine rings is 1. The third-order valence-corrected chi connectivity index (χ3v) is 3.69. The van der Waals surface area contributed by atoms with Gasteiger partial charge in [-0.15, -0.1) is 5.10 Å². The average molecular weight is 298 g/mol. The summed E-state index contributed by atoms with van der Waals surface area (Å²) in [6.45, 7) is 7.25. The Hall–Kier alpha value is -1.67. The molecular weight excluding hydrogens is 276 g/mol. The number of carbonyl (C=O) groups is 1. The lowest BCUT2D eigenvalue weighted by molar-refractivity contribution is -0.135. The molecule has 1 aliphatic heterocycles. The van der Waals surface area contributed by atoms with E-state index in [1.807, 2.05) is 0 Å². The first-order valence-corrected chi connectivity index (χ1v) is 7.06. The molecule has 0 aromatic carbocycles. The maximum Gasteiger partial charge on any atom is 0.437 e. The van der Waals surface area contributed by atoms with Gasteiger partial charge in [0.15, 0.2) is 0 Å². The fourth-order valence-corrected chi connectivity index (χ4v) is 2.50. The summed E-state index contributed by atoms with van der Waals surface area (Å²) >= 11 is 0. The van der Waals surface area contributed by atoms with Crippen LogP contribution in [0.25, 0.3) is 0 Å². The molecule has 8 heteroatoms. The van der Waals surface area contributed by atoms with Crippen LogP contribution in [-0.2, 0) is 16.1 Å². The zero-order chi connectivity index (χ0) is 15.4. The summed E-state index contributed by atoms with van der Waals surface area (Å²) in [5.74, 6) is -0.429. The summed E-state index contributed by atoms with van der Waals surface area (Å²) in [7, 11) is 1.68. The van der Waals surface area contributed by atoms with Crippen LogP contribution in [-0.4, -0.2) is 71.4 Å². The Morgan fingerprint density at radius 1 is 1.48 bits per heavy atom. The molecule has 1 aromatic heterocycles. The molecule has 1 aromatic rings. The van der Waals surface area contributed by atoms with E-state index in [4.69, 9.17) is 9.15 Å². The summed E-state index contributed by atoms with van der Waals surface area (Å²) in [6, 6.07) is 0.272. The summed E-state index contributed by atoms with van der Waals surface area (Å²) < 4.78 is 10.9. The van der Waals surface area contributed by atoms with Crippen LogP contribution in [0.15, 0.2) is 9.21 Å². The van der Waals surface area contributed by atoms with Gasteiger partial charge in [-0.1, -0.05) is 0 Å². The van der Waals surface area contributed by atoms with Gasteiger partial charge in [0.25, 0.3) is 0 Å². The molecule has 2 rings (SSSR count). The zero-order valence-corrected chi connectivity index (χ0v) is 12.7. The Kier molecular flexibility index (Phi) is 5.13. The smallest absolute Gasteiger partial charge is 0.393 e. The van der Waals surface area contributed by atoms with Crippen molar-refractivity contribution in [3.63, 3.8) is 0 Å². The van der Waals surface area contributed by atoms with E-state index in [9.17, 15) is 9.59 Å². The number of methoxy groups -OCH3 is 1. The largest absolute Gasteiger partial charge is 0.437 e. The second-order valence-corrected chi connectivity index (χ2v) is 5.26. The minimum Gasteiger partial charge on any atom is -0.393 e. The molecule has 8 nitrogen and oxygen atoms in total. The summed E-state index contributed by atoms with van der Waals surface area (Å²) in [4.78, 5) is 27.7. The first kappa shape index (κ1) is 15.7. The number of ether oxygens (including phenoxy) is 1. The molecule has 0 spiro atoms. The average Bonchev–Trinajstić information content (AvgIpc) is 2.75. The van der Waals surface area contributed by atoms with Gasteiger partial charge in [0.05, 0.1) is 6.61 Å². The van der Waals surface area contributed by atoms with Crippen LogP contribution in [0.1, 0.15) is 12.8 Å². The third kappa shape index (κ3) is 3.92. The normalized spacial score (nSPS) is 20.0. The number of aryl methyl sites for hydroxylation is 1. The summed E-state index contributed by atoms with van der Waals surface area (Å²) in [6.07, 6.45) is 0. The molecule has 21 heavy (non-hydrogen) atoms. The molecule has 1 amide bonds. The lowest BCUT2D eigenvalue weighted by Crippen LogP contribution is -2.55. The van der Waals surface area contributed by atoms with Gasteiger partial charge >= 0.3 is 5.76 Å². The van der Waals surface area contributed by atoms with Crippen LogP contribution in [0.2, 0.25) is 0 Å². The van der Waals surface area contributed by atoms with E-state index in [0.29, 0.717) is 19.7 Å². The number of nitrogens with zero attached hydrogens (tertiary/aromatic N) is 4. The van der Waals surface area contributed by atoms with Gasteiger partial charge in [-0.25, -0.2) is 4.79 Å². The highest BCUT2D eigenvalue weighted by molar-refractivity contribution is 5.76. The summed E-state index contributed by atoms with van der Waals surface area (Å²) in [5.41, 5.74) is 0. The molecule has 1 saturated heterocycles. The molecule has 0 radical (unpaired) electrons. The highest BCUT2D eigenvalue weighted by Gasteiger charge is 2.27. The minimum absolute atomic E-state index is 0.0685. The maximum atomic E-state index is 12.2. The molecule has 1 atom stereocenters. The fourth-order valence-electron chi connectivity index (χ4n) is 2.50. The van der Waals surface area contributed by atoms with E-state index in [-0.39, 0.29) is 24.4 Å². The van der Waals surface area contributed by atoms with Gasteiger partial charge in [-0.3, -0.25) is 9.69 Å². The zero-order valence-electron chi connectivity index (χ0n) is 12.7. The molecule has 0 bridgehead atoms.